The fourth-order valence-corrected chi connectivity index (χ4v) is 2.14. The number of carboxylic acid groups (broad SMARTS) is 1. The van der Waals surface area contributed by atoms with Crippen LogP contribution in [0.4, 0.5) is 0 Å². The molecule has 4 nitrogen and oxygen atoms in total. The molecule has 2 rings (SSSR count). The zero-order valence-electron chi connectivity index (χ0n) is 9.16. The minimum Gasteiger partial charge on any atom is -0.480 e. The molecule has 0 radical (unpaired) electrons. The average molecular weight is 208 g/mol. The summed E-state index contributed by atoms with van der Waals surface area (Å²) in [5.41, 5.74) is 2.62. The number of carboxylic acids is 1. The van der Waals surface area contributed by atoms with Gasteiger partial charge in [-0.15, -0.1) is 0 Å². The first-order valence-corrected chi connectivity index (χ1v) is 5.23. The van der Waals surface area contributed by atoms with Gasteiger partial charge in [-0.3, -0.25) is 9.48 Å². The standard InChI is InChI=1S/C11H16N2O2/c1-11(2)4-3-9-8(5-11)6-13(12-9)7-10(14)15/h6H,3-5,7H2,1-2H3,(H,14,15). The van der Waals surface area contributed by atoms with Crippen molar-refractivity contribution in [1.82, 2.24) is 9.78 Å². The van der Waals surface area contributed by atoms with E-state index in [1.54, 1.807) is 0 Å². The van der Waals surface area contributed by atoms with E-state index in [-0.39, 0.29) is 6.54 Å². The lowest BCUT2D eigenvalue weighted by molar-refractivity contribution is -0.137. The number of fused-ring (bicyclic) bond motifs is 1. The van der Waals surface area contributed by atoms with Crippen molar-refractivity contribution >= 4 is 5.97 Å². The molecule has 0 aliphatic heterocycles. The Balaban J connectivity index is 2.22. The molecule has 1 N–H and O–H groups in total. The Bertz CT molecular complexity index is 393. The second-order valence-electron chi connectivity index (χ2n) is 5.03. The van der Waals surface area contributed by atoms with Gasteiger partial charge in [0.05, 0.1) is 5.69 Å². The van der Waals surface area contributed by atoms with Crippen LogP contribution in [0.1, 0.15) is 31.5 Å². The zero-order valence-corrected chi connectivity index (χ0v) is 9.16. The molecule has 1 heterocycles. The van der Waals surface area contributed by atoms with E-state index in [9.17, 15) is 4.79 Å². The van der Waals surface area contributed by atoms with Crippen molar-refractivity contribution in [2.24, 2.45) is 5.41 Å². The number of rotatable bonds is 2. The fraction of sp³-hybridized carbons (Fsp3) is 0.636. The molecule has 1 aliphatic rings. The Labute approximate surface area is 88.9 Å². The molecule has 1 aromatic heterocycles. The summed E-state index contributed by atoms with van der Waals surface area (Å²) in [6.45, 7) is 4.45. The monoisotopic (exact) mass is 208 g/mol. The van der Waals surface area contributed by atoms with Crippen molar-refractivity contribution in [3.63, 3.8) is 0 Å². The van der Waals surface area contributed by atoms with Crippen LogP contribution in [0.15, 0.2) is 6.20 Å². The van der Waals surface area contributed by atoms with Gasteiger partial charge in [0.1, 0.15) is 6.54 Å². The Morgan fingerprint density at radius 2 is 2.40 bits per heavy atom. The van der Waals surface area contributed by atoms with Gasteiger partial charge in [-0.2, -0.15) is 5.10 Å². The van der Waals surface area contributed by atoms with Gasteiger partial charge in [0.2, 0.25) is 0 Å². The number of nitrogens with zero attached hydrogens (tertiary/aromatic N) is 2. The highest BCUT2D eigenvalue weighted by molar-refractivity contribution is 5.66. The molecule has 0 saturated carbocycles. The maximum atomic E-state index is 10.5. The van der Waals surface area contributed by atoms with Crippen LogP contribution in [-0.2, 0) is 24.2 Å². The third-order valence-electron chi connectivity index (χ3n) is 2.93. The Hall–Kier alpha value is -1.32. The van der Waals surface area contributed by atoms with Crippen LogP contribution in [0.3, 0.4) is 0 Å². The van der Waals surface area contributed by atoms with Crippen molar-refractivity contribution in [2.75, 3.05) is 0 Å². The third kappa shape index (κ3) is 2.19. The second-order valence-corrected chi connectivity index (χ2v) is 5.03. The molecule has 0 amide bonds. The van der Waals surface area contributed by atoms with Crippen molar-refractivity contribution in [3.05, 3.63) is 17.5 Å². The SMILES string of the molecule is CC1(C)CCc2nn(CC(=O)O)cc2C1. The van der Waals surface area contributed by atoms with Crippen LogP contribution in [0, 0.1) is 5.41 Å². The highest BCUT2D eigenvalue weighted by Gasteiger charge is 2.27. The lowest BCUT2D eigenvalue weighted by Crippen LogP contribution is -2.21. The Kier molecular flexibility index (Phi) is 2.29. The summed E-state index contributed by atoms with van der Waals surface area (Å²) in [4.78, 5) is 10.5. The van der Waals surface area contributed by atoms with Gasteiger partial charge in [0, 0.05) is 6.20 Å². The van der Waals surface area contributed by atoms with Crippen molar-refractivity contribution in [3.8, 4) is 0 Å². The Morgan fingerprint density at radius 3 is 3.07 bits per heavy atom. The van der Waals surface area contributed by atoms with E-state index in [4.69, 9.17) is 5.11 Å². The quantitative estimate of drug-likeness (QED) is 0.801. The zero-order chi connectivity index (χ0) is 11.1. The van der Waals surface area contributed by atoms with E-state index in [0.717, 1.165) is 25.0 Å². The summed E-state index contributed by atoms with van der Waals surface area (Å²) in [7, 11) is 0. The van der Waals surface area contributed by atoms with E-state index in [2.05, 4.69) is 18.9 Å². The van der Waals surface area contributed by atoms with Crippen molar-refractivity contribution in [2.45, 2.75) is 39.7 Å². The molecule has 15 heavy (non-hydrogen) atoms. The molecule has 0 unspecified atom stereocenters. The van der Waals surface area contributed by atoms with E-state index >= 15 is 0 Å². The molecule has 0 saturated heterocycles. The molecule has 0 bridgehead atoms. The summed E-state index contributed by atoms with van der Waals surface area (Å²) >= 11 is 0. The molecule has 0 aromatic carbocycles. The second kappa shape index (κ2) is 3.36. The highest BCUT2D eigenvalue weighted by Crippen LogP contribution is 2.33. The van der Waals surface area contributed by atoms with Crippen molar-refractivity contribution < 1.29 is 9.90 Å². The number of hydrogen-bond donors (Lipinski definition) is 1. The number of aromatic nitrogens is 2. The van der Waals surface area contributed by atoms with Gasteiger partial charge in [0.15, 0.2) is 0 Å². The average Bonchev–Trinajstić information content (AvgIpc) is 2.42. The first kappa shape index (κ1) is 10.2. The maximum Gasteiger partial charge on any atom is 0.325 e. The van der Waals surface area contributed by atoms with Crippen LogP contribution in [0.25, 0.3) is 0 Å². The molecule has 4 heteroatoms. The van der Waals surface area contributed by atoms with E-state index in [1.165, 1.54) is 10.2 Å². The summed E-state index contributed by atoms with van der Waals surface area (Å²) < 4.78 is 1.54. The molecule has 1 aromatic rings. The molecule has 82 valence electrons. The maximum absolute atomic E-state index is 10.5. The van der Waals surface area contributed by atoms with Gasteiger partial charge in [-0.05, 0) is 30.2 Å². The highest BCUT2D eigenvalue weighted by atomic mass is 16.4. The summed E-state index contributed by atoms with van der Waals surface area (Å²) in [6, 6.07) is 0. The van der Waals surface area contributed by atoms with E-state index in [1.807, 2.05) is 6.20 Å². The van der Waals surface area contributed by atoms with Gasteiger partial charge >= 0.3 is 5.97 Å². The van der Waals surface area contributed by atoms with Crippen LogP contribution in [0.5, 0.6) is 0 Å². The lowest BCUT2D eigenvalue weighted by Gasteiger charge is -2.28. The Morgan fingerprint density at radius 1 is 1.67 bits per heavy atom. The van der Waals surface area contributed by atoms with Crippen LogP contribution in [-0.4, -0.2) is 20.9 Å². The molecule has 0 spiro atoms. The molecule has 0 atom stereocenters. The summed E-state index contributed by atoms with van der Waals surface area (Å²) in [5.74, 6) is -0.839. The van der Waals surface area contributed by atoms with E-state index < -0.39 is 5.97 Å². The van der Waals surface area contributed by atoms with Gasteiger partial charge in [0.25, 0.3) is 0 Å². The van der Waals surface area contributed by atoms with E-state index in [0.29, 0.717) is 5.41 Å². The van der Waals surface area contributed by atoms with Gasteiger partial charge < -0.3 is 5.11 Å². The van der Waals surface area contributed by atoms with Crippen LogP contribution >= 0.6 is 0 Å². The minimum atomic E-state index is -0.839. The topological polar surface area (TPSA) is 55.1 Å². The first-order chi connectivity index (χ1) is 6.96. The van der Waals surface area contributed by atoms with Crippen molar-refractivity contribution in [1.29, 1.82) is 0 Å². The molecule has 0 fully saturated rings. The fourth-order valence-electron chi connectivity index (χ4n) is 2.14. The number of carbonyl (C=O) groups is 1. The predicted octanol–water partition coefficient (Wildman–Crippen LogP) is 1.48. The summed E-state index contributed by atoms with van der Waals surface area (Å²) in [5, 5.41) is 13.0. The smallest absolute Gasteiger partial charge is 0.325 e. The van der Waals surface area contributed by atoms with Gasteiger partial charge in [-0.1, -0.05) is 13.8 Å². The van der Waals surface area contributed by atoms with Crippen LogP contribution < -0.4 is 0 Å². The third-order valence-corrected chi connectivity index (χ3v) is 2.93. The number of hydrogen-bond acceptors (Lipinski definition) is 2. The first-order valence-electron chi connectivity index (χ1n) is 5.23. The largest absolute Gasteiger partial charge is 0.480 e. The van der Waals surface area contributed by atoms with Gasteiger partial charge in [-0.25, -0.2) is 0 Å². The normalized spacial score (nSPS) is 18.5. The molecule has 1 aliphatic carbocycles. The van der Waals surface area contributed by atoms with Crippen LogP contribution in [0.2, 0.25) is 0 Å². The number of aryl methyl sites for hydroxylation is 1. The molecular formula is C11H16N2O2. The predicted molar refractivity (Wildman–Crippen MR) is 55.7 cm³/mol. The lowest BCUT2D eigenvalue weighted by atomic mass is 9.77. The minimum absolute atomic E-state index is 0.0343. The summed E-state index contributed by atoms with van der Waals surface area (Å²) in [6.07, 6.45) is 4.98. The number of aliphatic carboxylic acids is 1. The molecular weight excluding hydrogens is 192 g/mol.